The second-order valence-corrected chi connectivity index (χ2v) is 8.86. The van der Waals surface area contributed by atoms with Crippen molar-refractivity contribution in [2.75, 3.05) is 45.3 Å². The van der Waals surface area contributed by atoms with Gasteiger partial charge < -0.3 is 19.1 Å². The summed E-state index contributed by atoms with van der Waals surface area (Å²) in [6.07, 6.45) is 0.0776. The maximum atomic E-state index is 13.6. The molecule has 0 spiro atoms. The van der Waals surface area contributed by atoms with Crippen molar-refractivity contribution in [3.63, 3.8) is 0 Å². The van der Waals surface area contributed by atoms with Crippen molar-refractivity contribution < 1.29 is 19.0 Å². The number of hydrogen-bond donors (Lipinski definition) is 0. The number of likely N-dealkylation sites (N-methyl/N-ethyl adjacent to an activating group) is 1. The van der Waals surface area contributed by atoms with Crippen molar-refractivity contribution in [3.8, 4) is 17.2 Å². The van der Waals surface area contributed by atoms with Gasteiger partial charge in [0, 0.05) is 30.8 Å². The topological polar surface area (TPSA) is 64.1 Å². The Morgan fingerprint density at radius 2 is 1.64 bits per heavy atom. The fourth-order valence-electron chi connectivity index (χ4n) is 3.53. The Balaban J connectivity index is 1.96. The highest BCUT2D eigenvalue weighted by molar-refractivity contribution is 7.22. The van der Waals surface area contributed by atoms with Crippen LogP contribution in [0.25, 0.3) is 10.2 Å². The molecule has 0 bridgehead atoms. The minimum atomic E-state index is -0.0868. The average molecular weight is 472 g/mol. The van der Waals surface area contributed by atoms with Crippen LogP contribution in [0.4, 0.5) is 5.13 Å². The summed E-state index contributed by atoms with van der Waals surface area (Å²) in [7, 11) is 3.21. The highest BCUT2D eigenvalue weighted by atomic mass is 32.1. The number of anilines is 1. The molecule has 8 heteroatoms. The molecule has 1 aromatic heterocycles. The van der Waals surface area contributed by atoms with E-state index in [9.17, 15) is 4.79 Å². The number of carbonyl (C=O) groups excluding carboxylic acids is 1. The molecule has 0 fully saturated rings. The van der Waals surface area contributed by atoms with Gasteiger partial charge in [-0.2, -0.15) is 0 Å². The van der Waals surface area contributed by atoms with Crippen LogP contribution in [0.15, 0.2) is 36.4 Å². The molecule has 1 amide bonds. The highest BCUT2D eigenvalue weighted by Gasteiger charge is 2.23. The lowest BCUT2D eigenvalue weighted by Crippen LogP contribution is -2.38. The monoisotopic (exact) mass is 471 g/mol. The van der Waals surface area contributed by atoms with Crippen molar-refractivity contribution in [2.45, 2.75) is 33.8 Å². The maximum absolute atomic E-state index is 13.6. The number of amides is 1. The first-order valence-corrected chi connectivity index (χ1v) is 12.0. The Morgan fingerprint density at radius 3 is 2.21 bits per heavy atom. The van der Waals surface area contributed by atoms with Crippen LogP contribution in [0.1, 0.15) is 38.1 Å². The van der Waals surface area contributed by atoms with E-state index in [4.69, 9.17) is 19.2 Å². The molecule has 0 radical (unpaired) electrons. The number of fused-ring (bicyclic) bond motifs is 1. The molecule has 3 rings (SSSR count). The van der Waals surface area contributed by atoms with Gasteiger partial charge in [-0.25, -0.2) is 4.98 Å². The van der Waals surface area contributed by atoms with Gasteiger partial charge >= 0.3 is 0 Å². The summed E-state index contributed by atoms with van der Waals surface area (Å²) >= 11 is 1.47. The molecule has 0 aliphatic carbocycles. The fraction of sp³-hybridized carbons (Fsp3) is 0.440. The summed E-state index contributed by atoms with van der Waals surface area (Å²) in [6, 6.07) is 11.0. The van der Waals surface area contributed by atoms with E-state index >= 15 is 0 Å². The summed E-state index contributed by atoms with van der Waals surface area (Å²) in [5.41, 5.74) is 1.37. The van der Waals surface area contributed by atoms with E-state index in [0.717, 1.165) is 35.6 Å². The predicted octanol–water partition coefficient (Wildman–Crippen LogP) is 5.09. The van der Waals surface area contributed by atoms with Crippen molar-refractivity contribution in [3.05, 3.63) is 42.0 Å². The molecule has 0 aliphatic rings. The molecular weight excluding hydrogens is 438 g/mol. The normalized spacial score (nSPS) is 11.3. The third-order valence-electron chi connectivity index (χ3n) is 5.37. The number of benzene rings is 2. The summed E-state index contributed by atoms with van der Waals surface area (Å²) in [5.74, 6) is 1.91. The molecule has 1 heterocycles. The quantitative estimate of drug-likeness (QED) is 0.388. The van der Waals surface area contributed by atoms with Crippen LogP contribution in [0.2, 0.25) is 0 Å². The number of thiazole rings is 1. The van der Waals surface area contributed by atoms with Gasteiger partial charge in [0.15, 0.2) is 16.6 Å². The third kappa shape index (κ3) is 5.94. The Labute approximate surface area is 199 Å². The molecule has 3 aromatic rings. The van der Waals surface area contributed by atoms with E-state index in [-0.39, 0.29) is 12.0 Å². The number of aromatic nitrogens is 1. The van der Waals surface area contributed by atoms with E-state index in [2.05, 4.69) is 18.7 Å². The van der Waals surface area contributed by atoms with Crippen LogP contribution >= 0.6 is 11.3 Å². The SMILES string of the molecule is CCN(CC)CCN(C(=O)c1ccc(OC(C)C)cc1)c1nc2cc(OC)c(OC)cc2s1. The van der Waals surface area contributed by atoms with Gasteiger partial charge in [-0.05, 0) is 51.2 Å². The Morgan fingerprint density at radius 1 is 1.00 bits per heavy atom. The van der Waals surface area contributed by atoms with Crippen molar-refractivity contribution >= 4 is 32.6 Å². The summed E-state index contributed by atoms with van der Waals surface area (Å²) in [5, 5.41) is 0.653. The summed E-state index contributed by atoms with van der Waals surface area (Å²) in [4.78, 5) is 22.4. The van der Waals surface area contributed by atoms with Crippen LogP contribution in [0.3, 0.4) is 0 Å². The standard InChI is InChI=1S/C25H33N3O4S/c1-7-27(8-2)13-14-28(24(29)18-9-11-19(12-10-18)32-17(3)4)25-26-20-15-21(30-5)22(31-6)16-23(20)33-25/h9-12,15-17H,7-8,13-14H2,1-6H3. The van der Waals surface area contributed by atoms with Crippen LogP contribution in [-0.4, -0.2) is 62.3 Å². The van der Waals surface area contributed by atoms with Gasteiger partial charge in [-0.15, -0.1) is 0 Å². The second kappa shape index (κ2) is 11.3. The summed E-state index contributed by atoms with van der Waals surface area (Å²) in [6.45, 7) is 11.4. The van der Waals surface area contributed by atoms with E-state index in [1.165, 1.54) is 11.3 Å². The largest absolute Gasteiger partial charge is 0.493 e. The van der Waals surface area contributed by atoms with Crippen molar-refractivity contribution in [2.24, 2.45) is 0 Å². The lowest BCUT2D eigenvalue weighted by Gasteiger charge is -2.24. The maximum Gasteiger partial charge on any atom is 0.260 e. The van der Waals surface area contributed by atoms with Crippen LogP contribution < -0.4 is 19.1 Å². The zero-order chi connectivity index (χ0) is 24.0. The van der Waals surface area contributed by atoms with Gasteiger partial charge in [0.2, 0.25) is 0 Å². The second-order valence-electron chi connectivity index (χ2n) is 7.85. The van der Waals surface area contributed by atoms with E-state index in [1.807, 2.05) is 50.2 Å². The first kappa shape index (κ1) is 24.8. The molecule has 0 saturated heterocycles. The van der Waals surface area contributed by atoms with E-state index < -0.39 is 0 Å². The van der Waals surface area contributed by atoms with E-state index in [1.54, 1.807) is 19.1 Å². The molecule has 0 unspecified atom stereocenters. The highest BCUT2D eigenvalue weighted by Crippen LogP contribution is 2.37. The van der Waals surface area contributed by atoms with Crippen molar-refractivity contribution in [1.82, 2.24) is 9.88 Å². The van der Waals surface area contributed by atoms with Crippen molar-refractivity contribution in [1.29, 1.82) is 0 Å². The number of carbonyl (C=O) groups is 1. The first-order valence-electron chi connectivity index (χ1n) is 11.2. The number of rotatable bonds is 11. The van der Waals surface area contributed by atoms with Gasteiger partial charge in [0.25, 0.3) is 5.91 Å². The molecule has 2 aromatic carbocycles. The zero-order valence-electron chi connectivity index (χ0n) is 20.3. The van der Waals surface area contributed by atoms with Gasteiger partial charge in [0.05, 0.1) is 30.5 Å². The smallest absolute Gasteiger partial charge is 0.260 e. The van der Waals surface area contributed by atoms with E-state index in [0.29, 0.717) is 28.7 Å². The fourth-order valence-corrected chi connectivity index (χ4v) is 4.53. The molecule has 0 N–H and O–H groups in total. The molecule has 0 atom stereocenters. The third-order valence-corrected chi connectivity index (χ3v) is 6.41. The lowest BCUT2D eigenvalue weighted by molar-refractivity contribution is 0.0983. The van der Waals surface area contributed by atoms with Gasteiger partial charge in [0.1, 0.15) is 5.75 Å². The average Bonchev–Trinajstić information content (AvgIpc) is 3.23. The minimum Gasteiger partial charge on any atom is -0.493 e. The number of nitrogens with zero attached hydrogens (tertiary/aromatic N) is 3. The summed E-state index contributed by atoms with van der Waals surface area (Å²) < 4.78 is 17.5. The Hall–Kier alpha value is -2.84. The number of ether oxygens (including phenoxy) is 3. The number of hydrogen-bond acceptors (Lipinski definition) is 7. The molecule has 33 heavy (non-hydrogen) atoms. The Kier molecular flexibility index (Phi) is 8.52. The van der Waals surface area contributed by atoms with Crippen LogP contribution in [0.5, 0.6) is 17.2 Å². The van der Waals surface area contributed by atoms with Gasteiger partial charge in [-0.1, -0.05) is 25.2 Å². The minimum absolute atomic E-state index is 0.0776. The van der Waals surface area contributed by atoms with Crippen LogP contribution in [0, 0.1) is 0 Å². The zero-order valence-corrected chi connectivity index (χ0v) is 21.1. The molecule has 7 nitrogen and oxygen atoms in total. The lowest BCUT2D eigenvalue weighted by atomic mass is 10.2. The Bertz CT molecular complexity index is 1020. The number of methoxy groups -OCH3 is 2. The first-order chi connectivity index (χ1) is 15.9. The molecule has 0 aliphatic heterocycles. The molecular formula is C25H33N3O4S. The van der Waals surface area contributed by atoms with Crippen LogP contribution in [-0.2, 0) is 0 Å². The molecule has 0 saturated carbocycles. The predicted molar refractivity (Wildman–Crippen MR) is 134 cm³/mol. The van der Waals surface area contributed by atoms with Gasteiger partial charge in [-0.3, -0.25) is 9.69 Å². The molecule has 178 valence electrons.